The third-order valence-electron chi connectivity index (χ3n) is 3.07. The van der Waals surface area contributed by atoms with Gasteiger partial charge in [0.15, 0.2) is 0 Å². The van der Waals surface area contributed by atoms with Crippen LogP contribution in [0.1, 0.15) is 6.42 Å². The Bertz CT molecular complexity index is 554. The fourth-order valence-corrected chi connectivity index (χ4v) is 5.21. The molecule has 0 spiro atoms. The summed E-state index contributed by atoms with van der Waals surface area (Å²) in [5.74, 6) is 0. The largest absolute Gasteiger partial charge is 0.316 e. The van der Waals surface area contributed by atoms with Crippen LogP contribution in [-0.4, -0.2) is 38.9 Å². The lowest BCUT2D eigenvalue weighted by molar-refractivity contribution is 0.464. The second-order valence-corrected chi connectivity index (χ2v) is 7.89. The van der Waals surface area contributed by atoms with E-state index in [0.717, 1.165) is 10.9 Å². The quantitative estimate of drug-likeness (QED) is 0.796. The molecule has 4 nitrogen and oxygen atoms in total. The average Bonchev–Trinajstić information content (AvgIpc) is 2.77. The van der Waals surface area contributed by atoms with Gasteiger partial charge in [-0.25, -0.2) is 8.42 Å². The van der Waals surface area contributed by atoms with Crippen LogP contribution in [0.15, 0.2) is 32.0 Å². The van der Waals surface area contributed by atoms with Crippen LogP contribution in [0.5, 0.6) is 0 Å². The summed E-state index contributed by atoms with van der Waals surface area (Å²) in [6, 6.07) is 5.35. The second kappa shape index (κ2) is 6.87. The first-order valence-corrected chi connectivity index (χ1v) is 8.60. The van der Waals surface area contributed by atoms with Gasteiger partial charge in [0.25, 0.3) is 0 Å². The summed E-state index contributed by atoms with van der Waals surface area (Å²) in [4.78, 5) is 0.322. The highest BCUT2D eigenvalue weighted by molar-refractivity contribution is 9.11. The summed E-state index contributed by atoms with van der Waals surface area (Å²) in [5.41, 5.74) is 0. The Labute approximate surface area is 136 Å². The molecule has 1 fully saturated rings. The number of rotatable bonds is 3. The molecule has 19 heavy (non-hydrogen) atoms. The van der Waals surface area contributed by atoms with Gasteiger partial charge in [-0.15, -0.1) is 12.4 Å². The van der Waals surface area contributed by atoms with Crippen LogP contribution in [0.2, 0.25) is 0 Å². The molecule has 1 atom stereocenters. The number of halogens is 3. The van der Waals surface area contributed by atoms with Crippen molar-refractivity contribution in [1.82, 2.24) is 9.62 Å². The van der Waals surface area contributed by atoms with Gasteiger partial charge in [0.05, 0.1) is 4.90 Å². The molecule has 0 radical (unpaired) electrons. The molecule has 1 aliphatic heterocycles. The molecule has 1 heterocycles. The lowest BCUT2D eigenvalue weighted by Gasteiger charge is -2.17. The topological polar surface area (TPSA) is 49.4 Å². The van der Waals surface area contributed by atoms with E-state index >= 15 is 0 Å². The Balaban J connectivity index is 0.00000180. The number of nitrogens with zero attached hydrogens (tertiary/aromatic N) is 1. The molecule has 1 aromatic rings. The van der Waals surface area contributed by atoms with Gasteiger partial charge in [-0.2, -0.15) is 4.31 Å². The van der Waals surface area contributed by atoms with Crippen LogP contribution in [-0.2, 0) is 10.0 Å². The lowest BCUT2D eigenvalue weighted by Crippen LogP contribution is -2.33. The molecule has 2 rings (SSSR count). The van der Waals surface area contributed by atoms with Crippen molar-refractivity contribution < 1.29 is 8.42 Å². The van der Waals surface area contributed by atoms with Crippen molar-refractivity contribution in [1.29, 1.82) is 0 Å². The summed E-state index contributed by atoms with van der Waals surface area (Å²) in [5, 5.41) is 3.12. The molecule has 1 aromatic carbocycles. The first kappa shape index (κ1) is 17.4. The molecule has 0 aliphatic carbocycles. The summed E-state index contributed by atoms with van der Waals surface area (Å²) < 4.78 is 27.9. The third kappa shape index (κ3) is 3.71. The predicted octanol–water partition coefficient (Wildman–Crippen LogP) is 2.62. The Kier molecular flexibility index (Phi) is 6.28. The maximum absolute atomic E-state index is 12.5. The SMILES string of the molecule is CNC1CCN(S(=O)(=O)c2ccc(Br)cc2Br)C1.Cl. The Morgan fingerprint density at radius 2 is 2.05 bits per heavy atom. The molecule has 0 aromatic heterocycles. The summed E-state index contributed by atoms with van der Waals surface area (Å²) >= 11 is 6.63. The molecule has 8 heteroatoms. The van der Waals surface area contributed by atoms with Crippen molar-refractivity contribution in [2.45, 2.75) is 17.4 Å². The monoisotopic (exact) mass is 432 g/mol. The summed E-state index contributed by atoms with van der Waals surface area (Å²) in [6.07, 6.45) is 0.851. The minimum Gasteiger partial charge on any atom is -0.316 e. The molecule has 1 unspecified atom stereocenters. The molecule has 1 aliphatic rings. The number of likely N-dealkylation sites (N-methyl/N-ethyl adjacent to an activating group) is 1. The van der Waals surface area contributed by atoms with E-state index in [9.17, 15) is 8.42 Å². The van der Waals surface area contributed by atoms with E-state index in [0.29, 0.717) is 22.5 Å². The predicted molar refractivity (Wildman–Crippen MR) is 85.3 cm³/mol. The number of nitrogens with one attached hydrogen (secondary N) is 1. The highest BCUT2D eigenvalue weighted by atomic mass is 79.9. The molecule has 1 saturated heterocycles. The van der Waals surface area contributed by atoms with E-state index in [1.807, 2.05) is 7.05 Å². The van der Waals surface area contributed by atoms with Crippen LogP contribution in [0.25, 0.3) is 0 Å². The van der Waals surface area contributed by atoms with Gasteiger partial charge in [-0.05, 0) is 47.6 Å². The lowest BCUT2D eigenvalue weighted by atomic mass is 10.3. The van der Waals surface area contributed by atoms with E-state index < -0.39 is 10.0 Å². The average molecular weight is 435 g/mol. The Morgan fingerprint density at radius 1 is 1.37 bits per heavy atom. The van der Waals surface area contributed by atoms with Crippen LogP contribution >= 0.6 is 44.3 Å². The zero-order chi connectivity index (χ0) is 13.3. The molecule has 1 N–H and O–H groups in total. The minimum absolute atomic E-state index is 0. The number of benzene rings is 1. The standard InChI is InChI=1S/C11H14Br2N2O2S.ClH/c1-14-9-4-5-15(7-9)18(16,17)11-3-2-8(12)6-10(11)13;/h2-3,6,9,14H,4-5,7H2,1H3;1H. The Morgan fingerprint density at radius 3 is 2.58 bits per heavy atom. The minimum atomic E-state index is -3.40. The van der Waals surface area contributed by atoms with Crippen LogP contribution in [0.3, 0.4) is 0 Å². The van der Waals surface area contributed by atoms with Crippen molar-refractivity contribution in [2.75, 3.05) is 20.1 Å². The van der Waals surface area contributed by atoms with Gasteiger partial charge in [0, 0.05) is 28.1 Å². The van der Waals surface area contributed by atoms with Crippen molar-refractivity contribution in [3.05, 3.63) is 27.1 Å². The summed E-state index contributed by atoms with van der Waals surface area (Å²) in [7, 11) is -1.55. The van der Waals surface area contributed by atoms with Gasteiger partial charge in [0.2, 0.25) is 10.0 Å². The highest BCUT2D eigenvalue weighted by Crippen LogP contribution is 2.29. The van der Waals surface area contributed by atoms with Crippen molar-refractivity contribution in [3.8, 4) is 0 Å². The van der Waals surface area contributed by atoms with Gasteiger partial charge < -0.3 is 5.32 Å². The van der Waals surface area contributed by atoms with Gasteiger partial charge in [-0.1, -0.05) is 15.9 Å². The van der Waals surface area contributed by atoms with Crippen LogP contribution in [0, 0.1) is 0 Å². The normalized spacial score (nSPS) is 20.3. The van der Waals surface area contributed by atoms with Gasteiger partial charge in [-0.3, -0.25) is 0 Å². The highest BCUT2D eigenvalue weighted by Gasteiger charge is 2.32. The van der Waals surface area contributed by atoms with Crippen LogP contribution < -0.4 is 5.32 Å². The van der Waals surface area contributed by atoms with E-state index in [1.165, 1.54) is 4.31 Å². The van der Waals surface area contributed by atoms with Crippen molar-refractivity contribution >= 4 is 54.3 Å². The maximum Gasteiger partial charge on any atom is 0.244 e. The van der Waals surface area contributed by atoms with Crippen molar-refractivity contribution in [2.24, 2.45) is 0 Å². The fraction of sp³-hybridized carbons (Fsp3) is 0.455. The van der Waals surface area contributed by atoms with E-state index in [2.05, 4.69) is 37.2 Å². The van der Waals surface area contributed by atoms with Gasteiger partial charge in [0.1, 0.15) is 0 Å². The first-order valence-electron chi connectivity index (χ1n) is 5.57. The fourth-order valence-electron chi connectivity index (χ4n) is 2.01. The number of hydrogen-bond acceptors (Lipinski definition) is 3. The van der Waals surface area contributed by atoms with E-state index in [4.69, 9.17) is 0 Å². The molecule has 0 amide bonds. The zero-order valence-electron chi connectivity index (χ0n) is 10.3. The smallest absolute Gasteiger partial charge is 0.244 e. The van der Waals surface area contributed by atoms with E-state index in [1.54, 1.807) is 18.2 Å². The van der Waals surface area contributed by atoms with E-state index in [-0.39, 0.29) is 18.4 Å². The molecule has 108 valence electrons. The number of hydrogen-bond donors (Lipinski definition) is 1. The molecule has 0 saturated carbocycles. The molecular formula is C11H15Br2ClN2O2S. The third-order valence-corrected chi connectivity index (χ3v) is 6.41. The first-order chi connectivity index (χ1) is 8.45. The summed E-state index contributed by atoms with van der Waals surface area (Å²) in [6.45, 7) is 1.09. The maximum atomic E-state index is 12.5. The second-order valence-electron chi connectivity index (χ2n) is 4.21. The zero-order valence-corrected chi connectivity index (χ0v) is 15.1. The molecule has 0 bridgehead atoms. The number of sulfonamides is 1. The Hall–Kier alpha value is 0.340. The van der Waals surface area contributed by atoms with Crippen molar-refractivity contribution in [3.63, 3.8) is 0 Å². The van der Waals surface area contributed by atoms with Crippen LogP contribution in [0.4, 0.5) is 0 Å². The molecular weight excluding hydrogens is 419 g/mol. The van der Waals surface area contributed by atoms with Gasteiger partial charge >= 0.3 is 0 Å².